The van der Waals surface area contributed by atoms with Gasteiger partial charge < -0.3 is 5.32 Å². The molecular weight excluding hydrogens is 348 g/mol. The summed E-state index contributed by atoms with van der Waals surface area (Å²) >= 11 is 3.34. The van der Waals surface area contributed by atoms with E-state index in [1.54, 1.807) is 29.0 Å². The molecule has 3 aromatic heterocycles. The van der Waals surface area contributed by atoms with Crippen molar-refractivity contribution < 1.29 is 0 Å². The number of aromatic nitrogens is 3. The maximum atomic E-state index is 4.45. The van der Waals surface area contributed by atoms with Gasteiger partial charge in [0.15, 0.2) is 5.82 Å². The summed E-state index contributed by atoms with van der Waals surface area (Å²) in [6.07, 6.45) is 1.61. The fourth-order valence-corrected chi connectivity index (χ4v) is 4.54. The van der Waals surface area contributed by atoms with Crippen molar-refractivity contribution in [3.05, 3.63) is 66.4 Å². The number of rotatable bonds is 3. The molecule has 6 heteroatoms. The van der Waals surface area contributed by atoms with Crippen molar-refractivity contribution in [1.29, 1.82) is 0 Å². The minimum absolute atomic E-state index is 0.834. The first-order valence-electron chi connectivity index (χ1n) is 7.77. The van der Waals surface area contributed by atoms with Crippen molar-refractivity contribution in [2.75, 3.05) is 5.32 Å². The molecule has 0 radical (unpaired) electrons. The van der Waals surface area contributed by atoms with Gasteiger partial charge in [-0.05, 0) is 29.8 Å². The van der Waals surface area contributed by atoms with E-state index in [0.717, 1.165) is 31.9 Å². The predicted octanol–water partition coefficient (Wildman–Crippen LogP) is 5.71. The molecule has 4 nitrogen and oxygen atoms in total. The van der Waals surface area contributed by atoms with Gasteiger partial charge in [0, 0.05) is 10.6 Å². The second kappa shape index (κ2) is 5.91. The molecule has 0 saturated heterocycles. The summed E-state index contributed by atoms with van der Waals surface area (Å²) in [6.45, 7) is 0. The Labute approximate surface area is 151 Å². The number of thiophene rings is 1. The SMILES string of the molecule is c1ccc(-c2cc3ncnc(Nc4ccc5ncsc5c4)c3s2)cc1. The number of anilines is 2. The number of thiazole rings is 1. The summed E-state index contributed by atoms with van der Waals surface area (Å²) in [7, 11) is 0. The van der Waals surface area contributed by atoms with Crippen molar-refractivity contribution in [1.82, 2.24) is 15.0 Å². The Kier molecular flexibility index (Phi) is 3.43. The van der Waals surface area contributed by atoms with Gasteiger partial charge in [0.25, 0.3) is 0 Å². The minimum atomic E-state index is 0.834. The quantitative estimate of drug-likeness (QED) is 0.447. The van der Waals surface area contributed by atoms with E-state index < -0.39 is 0 Å². The Morgan fingerprint density at radius 2 is 1.76 bits per heavy atom. The van der Waals surface area contributed by atoms with Gasteiger partial charge in [0.05, 0.1) is 25.9 Å². The Bertz CT molecular complexity index is 1180. The first-order valence-corrected chi connectivity index (χ1v) is 9.47. The lowest BCUT2D eigenvalue weighted by Crippen LogP contribution is -1.93. The zero-order chi connectivity index (χ0) is 16.6. The fourth-order valence-electron chi connectivity index (χ4n) is 2.76. The van der Waals surface area contributed by atoms with Gasteiger partial charge in [0.1, 0.15) is 6.33 Å². The third-order valence-electron chi connectivity index (χ3n) is 3.96. The van der Waals surface area contributed by atoms with Gasteiger partial charge in [-0.25, -0.2) is 15.0 Å². The zero-order valence-electron chi connectivity index (χ0n) is 13.0. The van der Waals surface area contributed by atoms with Crippen LogP contribution in [0.15, 0.2) is 66.4 Å². The largest absolute Gasteiger partial charge is 0.339 e. The van der Waals surface area contributed by atoms with Crippen LogP contribution in [0.1, 0.15) is 0 Å². The lowest BCUT2D eigenvalue weighted by molar-refractivity contribution is 1.23. The molecular formula is C19H12N4S2. The number of nitrogens with zero attached hydrogens (tertiary/aromatic N) is 3. The van der Waals surface area contributed by atoms with E-state index in [1.807, 2.05) is 23.7 Å². The number of fused-ring (bicyclic) bond motifs is 2. The van der Waals surface area contributed by atoms with Crippen LogP contribution in [0.25, 0.3) is 30.9 Å². The highest BCUT2D eigenvalue weighted by Crippen LogP contribution is 2.36. The van der Waals surface area contributed by atoms with E-state index in [1.165, 1.54) is 10.4 Å². The summed E-state index contributed by atoms with van der Waals surface area (Å²) in [5.74, 6) is 0.834. The second-order valence-corrected chi connectivity index (χ2v) is 7.51. The lowest BCUT2D eigenvalue weighted by Gasteiger charge is -2.06. The van der Waals surface area contributed by atoms with Crippen LogP contribution in [0.3, 0.4) is 0 Å². The highest BCUT2D eigenvalue weighted by atomic mass is 32.1. The molecule has 25 heavy (non-hydrogen) atoms. The fraction of sp³-hybridized carbons (Fsp3) is 0. The first kappa shape index (κ1) is 14.5. The van der Waals surface area contributed by atoms with E-state index >= 15 is 0 Å². The van der Waals surface area contributed by atoms with Crippen LogP contribution in [0.2, 0.25) is 0 Å². The summed E-state index contributed by atoms with van der Waals surface area (Å²) < 4.78 is 2.22. The molecule has 120 valence electrons. The molecule has 0 atom stereocenters. The van der Waals surface area contributed by atoms with Crippen molar-refractivity contribution >= 4 is 54.6 Å². The Morgan fingerprint density at radius 3 is 2.68 bits per heavy atom. The van der Waals surface area contributed by atoms with E-state index in [2.05, 4.69) is 56.7 Å². The molecule has 2 aromatic carbocycles. The van der Waals surface area contributed by atoms with Gasteiger partial charge >= 0.3 is 0 Å². The molecule has 0 spiro atoms. The molecule has 5 aromatic rings. The average Bonchev–Trinajstić information content (AvgIpc) is 3.29. The molecule has 0 amide bonds. The summed E-state index contributed by atoms with van der Waals surface area (Å²) in [5, 5.41) is 3.43. The maximum absolute atomic E-state index is 4.45. The van der Waals surface area contributed by atoms with Crippen LogP contribution in [0, 0.1) is 0 Å². The molecule has 0 aliphatic heterocycles. The Morgan fingerprint density at radius 1 is 0.840 bits per heavy atom. The molecule has 0 fully saturated rings. The number of benzene rings is 2. The minimum Gasteiger partial charge on any atom is -0.339 e. The molecule has 3 heterocycles. The number of hydrogen-bond donors (Lipinski definition) is 1. The summed E-state index contributed by atoms with van der Waals surface area (Å²) in [4.78, 5) is 14.4. The highest BCUT2D eigenvalue weighted by Gasteiger charge is 2.11. The van der Waals surface area contributed by atoms with Gasteiger partial charge in [-0.15, -0.1) is 22.7 Å². The van der Waals surface area contributed by atoms with Crippen LogP contribution < -0.4 is 5.32 Å². The molecule has 0 unspecified atom stereocenters. The van der Waals surface area contributed by atoms with Crippen molar-refractivity contribution in [3.8, 4) is 10.4 Å². The molecule has 5 rings (SSSR count). The number of hydrogen-bond acceptors (Lipinski definition) is 6. The normalized spacial score (nSPS) is 11.2. The number of nitrogens with one attached hydrogen (secondary N) is 1. The first-order chi connectivity index (χ1) is 12.4. The molecule has 0 saturated carbocycles. The third-order valence-corrected chi connectivity index (χ3v) is 5.94. The molecule has 0 aliphatic rings. The molecule has 0 bridgehead atoms. The summed E-state index contributed by atoms with van der Waals surface area (Å²) in [6, 6.07) is 18.6. The maximum Gasteiger partial charge on any atom is 0.151 e. The van der Waals surface area contributed by atoms with E-state index in [0.29, 0.717) is 0 Å². The average molecular weight is 360 g/mol. The van der Waals surface area contributed by atoms with Crippen molar-refractivity contribution in [3.63, 3.8) is 0 Å². The lowest BCUT2D eigenvalue weighted by atomic mass is 10.2. The zero-order valence-corrected chi connectivity index (χ0v) is 14.6. The van der Waals surface area contributed by atoms with Crippen molar-refractivity contribution in [2.24, 2.45) is 0 Å². The smallest absolute Gasteiger partial charge is 0.151 e. The van der Waals surface area contributed by atoms with Crippen LogP contribution in [-0.4, -0.2) is 15.0 Å². The second-order valence-electron chi connectivity index (χ2n) is 5.57. The molecule has 0 aliphatic carbocycles. The Hall–Kier alpha value is -2.83. The highest BCUT2D eigenvalue weighted by molar-refractivity contribution is 7.22. The third kappa shape index (κ3) is 2.65. The van der Waals surface area contributed by atoms with Gasteiger partial charge in [0.2, 0.25) is 0 Å². The van der Waals surface area contributed by atoms with E-state index in [4.69, 9.17) is 0 Å². The topological polar surface area (TPSA) is 50.7 Å². The van der Waals surface area contributed by atoms with E-state index in [9.17, 15) is 0 Å². The van der Waals surface area contributed by atoms with Crippen molar-refractivity contribution in [2.45, 2.75) is 0 Å². The van der Waals surface area contributed by atoms with Gasteiger partial charge in [-0.2, -0.15) is 0 Å². The summed E-state index contributed by atoms with van der Waals surface area (Å²) in [5.41, 5.74) is 6.04. The van der Waals surface area contributed by atoms with Crippen LogP contribution in [0.5, 0.6) is 0 Å². The van der Waals surface area contributed by atoms with Crippen LogP contribution >= 0.6 is 22.7 Å². The predicted molar refractivity (Wildman–Crippen MR) is 106 cm³/mol. The van der Waals surface area contributed by atoms with E-state index in [-0.39, 0.29) is 0 Å². The van der Waals surface area contributed by atoms with Crippen LogP contribution in [-0.2, 0) is 0 Å². The molecule has 1 N–H and O–H groups in total. The standard InChI is InChI=1S/C19H12N4S2/c1-2-4-12(5-3-1)16-9-15-18(25-16)19(21-10-20-15)23-13-6-7-14-17(8-13)24-11-22-14/h1-11H,(H,20,21,23). The van der Waals surface area contributed by atoms with Gasteiger partial charge in [-0.1, -0.05) is 30.3 Å². The van der Waals surface area contributed by atoms with Gasteiger partial charge in [-0.3, -0.25) is 0 Å². The van der Waals surface area contributed by atoms with Crippen LogP contribution in [0.4, 0.5) is 11.5 Å². The Balaban J connectivity index is 1.57. The monoisotopic (exact) mass is 360 g/mol.